The van der Waals surface area contributed by atoms with Crippen molar-refractivity contribution in [2.24, 2.45) is 5.92 Å². The first-order valence-electron chi connectivity index (χ1n) is 20.3. The third kappa shape index (κ3) is 12.6. The number of carbonyl (C=O) groups excluding carboxylic acids is 2. The Labute approximate surface area is 383 Å². The van der Waals surface area contributed by atoms with Crippen molar-refractivity contribution in [2.75, 3.05) is 25.1 Å². The maximum Gasteiger partial charge on any atom is 0.460 e. The van der Waals surface area contributed by atoms with Crippen molar-refractivity contribution in [3.8, 4) is 5.75 Å². The number of halogens is 19. The number of esters is 1. The number of amides is 1. The van der Waals surface area contributed by atoms with Gasteiger partial charge in [0.1, 0.15) is 30.1 Å². The minimum Gasteiger partial charge on any atom is -0.491 e. The first-order valence-corrected chi connectivity index (χ1v) is 22.5. The fraction of sp³-hybridized carbons (Fsp3) is 0.571. The van der Waals surface area contributed by atoms with E-state index in [0.29, 0.717) is 11.6 Å². The molecular weight excluding hydrogens is 1000 g/mol. The van der Waals surface area contributed by atoms with Crippen molar-refractivity contribution in [1.29, 1.82) is 0 Å². The highest BCUT2D eigenvalue weighted by molar-refractivity contribution is 6.76. The van der Waals surface area contributed by atoms with E-state index >= 15 is 8.78 Å². The first-order chi connectivity index (χ1) is 31.2. The molecule has 27 heteroatoms. The highest BCUT2D eigenvalue weighted by Crippen LogP contribution is 2.64. The second kappa shape index (κ2) is 22.2. The lowest BCUT2D eigenvalue weighted by Gasteiger charge is -2.44. The molecule has 1 N–H and O–H groups in total. The topological polar surface area (TPSA) is 83.1 Å². The van der Waals surface area contributed by atoms with Gasteiger partial charge >= 0.3 is 59.7 Å². The Balaban J connectivity index is 2.35. The van der Waals surface area contributed by atoms with E-state index in [9.17, 15) is 84.2 Å². The van der Waals surface area contributed by atoms with Gasteiger partial charge in [-0.3, -0.25) is 5.32 Å². The van der Waals surface area contributed by atoms with Crippen LogP contribution in [0.3, 0.4) is 0 Å². The van der Waals surface area contributed by atoms with Crippen molar-refractivity contribution in [3.05, 3.63) is 83.5 Å². The number of carbonyl (C=O) groups is 2. The lowest BCUT2D eigenvalue weighted by atomic mass is 9.88. The van der Waals surface area contributed by atoms with Crippen LogP contribution in [0.1, 0.15) is 66.6 Å². The summed E-state index contributed by atoms with van der Waals surface area (Å²) in [6.45, 7) is 9.02. The van der Waals surface area contributed by atoms with Crippen LogP contribution in [-0.2, 0) is 18.7 Å². The molecule has 0 radical (unpaired) electrons. The molecule has 2 aromatic carbocycles. The molecule has 0 aliphatic carbocycles. The van der Waals surface area contributed by atoms with Gasteiger partial charge in [-0.05, 0) is 60.8 Å². The Morgan fingerprint density at radius 2 is 1.20 bits per heavy atom. The van der Waals surface area contributed by atoms with Gasteiger partial charge in [0.05, 0.1) is 18.9 Å². The van der Waals surface area contributed by atoms with E-state index in [-0.39, 0.29) is 17.9 Å². The summed E-state index contributed by atoms with van der Waals surface area (Å²) in [7, 11) is -4.06. The van der Waals surface area contributed by atoms with Crippen molar-refractivity contribution < 1.29 is 112 Å². The maximum atomic E-state index is 15.0. The van der Waals surface area contributed by atoms with E-state index in [2.05, 4.69) is 5.32 Å². The zero-order chi connectivity index (χ0) is 53.6. The second-order valence-corrected chi connectivity index (χ2v) is 21.1. The van der Waals surface area contributed by atoms with Crippen LogP contribution in [-0.4, -0.2) is 87.8 Å². The molecule has 1 amide bonds. The molecule has 2 rings (SSSR count). The standard InChI is InChI=1S/C42H46F19NO6Si/c1-8-65-32(63)11-9-10-25(6)26(7)33(68-34(64)62-31-17-14-28(43)22-30(31)44)27-12-15-29(16-13-27)66-19-20-67-69(23(2)3,24(4)5)21-18-35(45,46)36(47,48)37(49,50)38(51,52)39(53,54)40(55,56)41(57,58)42(59,60)61/h9-17,22-24,26,33H,8,18-21H2,1-7H3,(H,62,64)/b11-9+,25-10+/t26-,33-/m1/s1. The van der Waals surface area contributed by atoms with Crippen molar-refractivity contribution in [1.82, 2.24) is 0 Å². The summed E-state index contributed by atoms with van der Waals surface area (Å²) in [4.78, 5) is 24.7. The fourth-order valence-electron chi connectivity index (χ4n) is 6.66. The Morgan fingerprint density at radius 1 is 0.696 bits per heavy atom. The summed E-state index contributed by atoms with van der Waals surface area (Å²) in [5, 5.41) is 2.15. The van der Waals surface area contributed by atoms with E-state index in [4.69, 9.17) is 18.6 Å². The molecule has 0 fully saturated rings. The molecule has 2 atom stereocenters. The highest BCUT2D eigenvalue weighted by Gasteiger charge is 2.95. The number of nitrogens with one attached hydrogen (secondary N) is 1. The van der Waals surface area contributed by atoms with Gasteiger partial charge in [-0.25, -0.2) is 18.4 Å². The van der Waals surface area contributed by atoms with Crippen LogP contribution in [0.15, 0.2) is 66.3 Å². The molecule has 0 aromatic heterocycles. The molecule has 7 nitrogen and oxygen atoms in total. The summed E-state index contributed by atoms with van der Waals surface area (Å²) in [6, 6.07) is 6.39. The predicted octanol–water partition coefficient (Wildman–Crippen LogP) is 14.5. The van der Waals surface area contributed by atoms with Crippen LogP contribution < -0.4 is 10.1 Å². The van der Waals surface area contributed by atoms with E-state index in [1.807, 2.05) is 0 Å². The second-order valence-electron chi connectivity index (χ2n) is 16.1. The van der Waals surface area contributed by atoms with Gasteiger partial charge in [0.2, 0.25) is 0 Å². The van der Waals surface area contributed by atoms with Crippen LogP contribution >= 0.6 is 0 Å². The number of hydrogen-bond donors (Lipinski definition) is 1. The molecule has 392 valence electrons. The van der Waals surface area contributed by atoms with Crippen LogP contribution in [0.2, 0.25) is 17.1 Å². The smallest absolute Gasteiger partial charge is 0.460 e. The lowest BCUT2D eigenvalue weighted by Crippen LogP contribution is -2.74. The molecule has 0 bridgehead atoms. The maximum absolute atomic E-state index is 15.0. The monoisotopic (exact) mass is 1050 g/mol. The molecule has 0 saturated heterocycles. The average Bonchev–Trinajstić information content (AvgIpc) is 3.22. The molecule has 0 saturated carbocycles. The van der Waals surface area contributed by atoms with Crippen molar-refractivity contribution >= 4 is 26.1 Å². The zero-order valence-corrected chi connectivity index (χ0v) is 38.2. The van der Waals surface area contributed by atoms with Crippen molar-refractivity contribution in [2.45, 2.75) is 126 Å². The summed E-state index contributed by atoms with van der Waals surface area (Å²) in [5.74, 6) is -60.4. The minimum absolute atomic E-state index is 0.0438. The van der Waals surface area contributed by atoms with Gasteiger partial charge in [0.15, 0.2) is 8.32 Å². The van der Waals surface area contributed by atoms with E-state index < -0.39 is 134 Å². The normalized spacial score (nSPS) is 15.2. The molecular formula is C42H46F19NO6Si. The van der Waals surface area contributed by atoms with Crippen LogP contribution in [0.4, 0.5) is 93.9 Å². The number of ether oxygens (including phenoxy) is 3. The summed E-state index contributed by atoms with van der Waals surface area (Å²) in [5.41, 5.74) is -1.47. The van der Waals surface area contributed by atoms with Crippen LogP contribution in [0.5, 0.6) is 5.75 Å². The molecule has 0 unspecified atom stereocenters. The lowest BCUT2D eigenvalue weighted by molar-refractivity contribution is -0.461. The number of benzene rings is 2. The fourth-order valence-corrected chi connectivity index (χ4v) is 11.1. The van der Waals surface area contributed by atoms with Crippen LogP contribution in [0.25, 0.3) is 0 Å². The SMILES string of the molecule is CCOC(=O)/C=C/C=C(\C)[C@@H](C)[C@@H](OC(=O)Nc1ccc(F)cc1F)c1ccc(OCCO[Si](CCC(F)(F)C(F)(F)C(F)(F)C(F)(F)C(F)(F)C(F)(F)C(F)(F)C(F)(F)F)(C(C)C)C(C)C)cc1. The molecule has 69 heavy (non-hydrogen) atoms. The number of allylic oxidation sites excluding steroid dienone is 2. The minimum atomic E-state index is -8.72. The quantitative estimate of drug-likeness (QED) is 0.0282. The number of alkyl halides is 17. The van der Waals surface area contributed by atoms with E-state index in [0.717, 1.165) is 18.2 Å². The van der Waals surface area contributed by atoms with Gasteiger partial charge in [-0.1, -0.05) is 64.5 Å². The van der Waals surface area contributed by atoms with Gasteiger partial charge in [0.25, 0.3) is 0 Å². The Kier molecular flexibility index (Phi) is 19.4. The van der Waals surface area contributed by atoms with Gasteiger partial charge in [0, 0.05) is 24.5 Å². The van der Waals surface area contributed by atoms with Crippen LogP contribution in [0, 0.1) is 17.6 Å². The molecule has 0 aliphatic heterocycles. The molecule has 2 aromatic rings. The number of rotatable bonds is 24. The van der Waals surface area contributed by atoms with Crippen molar-refractivity contribution in [3.63, 3.8) is 0 Å². The van der Waals surface area contributed by atoms with E-state index in [1.165, 1.54) is 64.1 Å². The summed E-state index contributed by atoms with van der Waals surface area (Å²) >= 11 is 0. The largest absolute Gasteiger partial charge is 0.491 e. The molecule has 0 aliphatic rings. The Bertz CT molecular complexity index is 2100. The highest BCUT2D eigenvalue weighted by atomic mass is 28.4. The Hall–Kier alpha value is -4.69. The molecule has 0 heterocycles. The zero-order valence-electron chi connectivity index (χ0n) is 37.2. The third-order valence-corrected chi connectivity index (χ3v) is 16.6. The van der Waals surface area contributed by atoms with Gasteiger partial charge in [-0.2, -0.15) is 74.6 Å². The third-order valence-electron chi connectivity index (χ3n) is 11.0. The first kappa shape index (κ1) is 60.4. The van der Waals surface area contributed by atoms with Gasteiger partial charge < -0.3 is 18.6 Å². The summed E-state index contributed by atoms with van der Waals surface area (Å²) < 4.78 is 286. The average molecular weight is 1050 g/mol. The number of hydrogen-bond acceptors (Lipinski definition) is 6. The van der Waals surface area contributed by atoms with E-state index in [1.54, 1.807) is 20.8 Å². The number of anilines is 1. The Morgan fingerprint density at radius 3 is 1.68 bits per heavy atom. The summed E-state index contributed by atoms with van der Waals surface area (Å²) in [6.07, 6.45) is -8.80. The van der Waals surface area contributed by atoms with Gasteiger partial charge in [-0.15, -0.1) is 0 Å². The molecule has 0 spiro atoms. The predicted molar refractivity (Wildman–Crippen MR) is 212 cm³/mol.